The number of rotatable bonds is 9. The summed E-state index contributed by atoms with van der Waals surface area (Å²) in [6.45, 7) is 7.01. The highest BCUT2D eigenvalue weighted by molar-refractivity contribution is 5.92. The summed E-state index contributed by atoms with van der Waals surface area (Å²) in [5, 5.41) is 11.3. The fourth-order valence-electron chi connectivity index (χ4n) is 6.29. The van der Waals surface area contributed by atoms with Crippen LogP contribution >= 0.6 is 0 Å². The molecule has 5 heteroatoms. The second kappa shape index (κ2) is 11.7. The molecule has 0 unspecified atom stereocenters. The maximum Gasteiger partial charge on any atom is 0.119 e. The van der Waals surface area contributed by atoms with E-state index in [1.165, 1.54) is 62.0 Å². The standard InChI is InChI=1S/C34H40N2O3/c1-25-32-23-28(37)13-18-33(32)36(34(25)27-11-16-31(17-12-27)39-30-7-3-4-8-30)24-26-9-14-29(15-10-26)38-22-21-35-19-5-2-6-20-35/h9-18,23,30,37H,2-8,19-22,24H2,1H3. The smallest absolute Gasteiger partial charge is 0.119 e. The van der Waals surface area contributed by atoms with Crippen LogP contribution in [0.4, 0.5) is 0 Å². The second-order valence-corrected chi connectivity index (χ2v) is 11.2. The van der Waals surface area contributed by atoms with E-state index in [1.54, 1.807) is 6.07 Å². The van der Waals surface area contributed by atoms with Crippen LogP contribution in [0, 0.1) is 6.92 Å². The molecule has 1 N–H and O–H groups in total. The molecule has 1 aliphatic carbocycles. The normalized spacial score (nSPS) is 16.6. The molecule has 1 saturated carbocycles. The topological polar surface area (TPSA) is 46.9 Å². The van der Waals surface area contributed by atoms with E-state index < -0.39 is 0 Å². The molecule has 2 aliphatic rings. The molecular weight excluding hydrogens is 484 g/mol. The first-order valence-corrected chi connectivity index (χ1v) is 14.7. The van der Waals surface area contributed by atoms with E-state index in [9.17, 15) is 5.11 Å². The third-order valence-corrected chi connectivity index (χ3v) is 8.42. The van der Waals surface area contributed by atoms with Crippen molar-refractivity contribution in [3.63, 3.8) is 0 Å². The Morgan fingerprint density at radius 1 is 0.821 bits per heavy atom. The van der Waals surface area contributed by atoms with Crippen molar-refractivity contribution in [2.24, 2.45) is 0 Å². The van der Waals surface area contributed by atoms with E-state index in [2.05, 4.69) is 64.9 Å². The summed E-state index contributed by atoms with van der Waals surface area (Å²) in [5.41, 5.74) is 5.83. The van der Waals surface area contributed by atoms with Crippen molar-refractivity contribution >= 4 is 10.9 Å². The Bertz CT molecular complexity index is 1380. The minimum atomic E-state index is 0.292. The molecule has 1 aromatic heterocycles. The lowest BCUT2D eigenvalue weighted by atomic mass is 10.1. The average Bonchev–Trinajstić information content (AvgIpc) is 3.57. The van der Waals surface area contributed by atoms with Gasteiger partial charge in [-0.3, -0.25) is 4.90 Å². The van der Waals surface area contributed by atoms with E-state index in [4.69, 9.17) is 9.47 Å². The molecule has 1 aliphatic heterocycles. The first kappa shape index (κ1) is 25.8. The molecule has 0 atom stereocenters. The lowest BCUT2D eigenvalue weighted by Crippen LogP contribution is -2.33. The maximum absolute atomic E-state index is 10.2. The molecule has 1 saturated heterocycles. The van der Waals surface area contributed by atoms with Crippen molar-refractivity contribution in [1.29, 1.82) is 0 Å². The average molecular weight is 525 g/mol. The highest BCUT2D eigenvalue weighted by Crippen LogP contribution is 2.36. The lowest BCUT2D eigenvalue weighted by Gasteiger charge is -2.26. The van der Waals surface area contributed by atoms with Gasteiger partial charge in [0.25, 0.3) is 0 Å². The molecule has 2 fully saturated rings. The van der Waals surface area contributed by atoms with Crippen molar-refractivity contribution < 1.29 is 14.6 Å². The number of fused-ring (bicyclic) bond motifs is 1. The molecule has 5 nitrogen and oxygen atoms in total. The number of phenolic OH excluding ortho intramolecular Hbond substituents is 1. The third-order valence-electron chi connectivity index (χ3n) is 8.42. The summed E-state index contributed by atoms with van der Waals surface area (Å²) in [6, 6.07) is 22.7. The van der Waals surface area contributed by atoms with E-state index in [0.29, 0.717) is 11.9 Å². The van der Waals surface area contributed by atoms with Gasteiger partial charge in [-0.05, 0) is 130 Å². The quantitative estimate of drug-likeness (QED) is 0.245. The molecule has 2 heterocycles. The lowest BCUT2D eigenvalue weighted by molar-refractivity contribution is 0.183. The summed E-state index contributed by atoms with van der Waals surface area (Å²) in [7, 11) is 0. The number of benzene rings is 3. The van der Waals surface area contributed by atoms with Gasteiger partial charge in [-0.2, -0.15) is 0 Å². The fourth-order valence-corrected chi connectivity index (χ4v) is 6.29. The van der Waals surface area contributed by atoms with Crippen molar-refractivity contribution in [2.75, 3.05) is 26.2 Å². The van der Waals surface area contributed by atoms with Gasteiger partial charge < -0.3 is 19.1 Å². The molecule has 6 rings (SSSR count). The number of aromatic nitrogens is 1. The maximum atomic E-state index is 10.2. The van der Waals surface area contributed by atoms with Crippen molar-refractivity contribution in [3.05, 3.63) is 77.9 Å². The minimum absolute atomic E-state index is 0.292. The second-order valence-electron chi connectivity index (χ2n) is 11.2. The molecule has 0 radical (unpaired) electrons. The Labute approximate surface area is 232 Å². The van der Waals surface area contributed by atoms with Crippen LogP contribution in [0.15, 0.2) is 66.7 Å². The Kier molecular flexibility index (Phi) is 7.78. The zero-order valence-corrected chi connectivity index (χ0v) is 23.1. The fraction of sp³-hybridized carbons (Fsp3) is 0.412. The number of aryl methyl sites for hydroxylation is 1. The number of likely N-dealkylation sites (tertiary alicyclic amines) is 1. The number of phenols is 1. The van der Waals surface area contributed by atoms with Crippen LogP contribution < -0.4 is 9.47 Å². The zero-order valence-electron chi connectivity index (χ0n) is 23.1. The van der Waals surface area contributed by atoms with Gasteiger partial charge in [-0.25, -0.2) is 0 Å². The van der Waals surface area contributed by atoms with Gasteiger partial charge in [-0.1, -0.05) is 18.6 Å². The predicted octanol–water partition coefficient (Wildman–Crippen LogP) is 7.56. The van der Waals surface area contributed by atoms with Gasteiger partial charge >= 0.3 is 0 Å². The van der Waals surface area contributed by atoms with Crippen LogP contribution in [0.2, 0.25) is 0 Å². The van der Waals surface area contributed by atoms with Gasteiger partial charge in [0.05, 0.1) is 11.8 Å². The van der Waals surface area contributed by atoms with E-state index in [-0.39, 0.29) is 0 Å². The van der Waals surface area contributed by atoms with Gasteiger partial charge in [0, 0.05) is 24.0 Å². The number of piperidine rings is 1. The molecule has 0 amide bonds. The number of ether oxygens (including phenoxy) is 2. The Hall–Kier alpha value is -3.44. The Morgan fingerprint density at radius 3 is 2.28 bits per heavy atom. The first-order chi connectivity index (χ1) is 19.1. The van der Waals surface area contributed by atoms with Crippen LogP contribution in [0.3, 0.4) is 0 Å². The number of hydrogen-bond donors (Lipinski definition) is 1. The number of aromatic hydroxyl groups is 1. The first-order valence-electron chi connectivity index (χ1n) is 14.7. The number of hydrogen-bond acceptors (Lipinski definition) is 4. The summed E-state index contributed by atoms with van der Waals surface area (Å²) >= 11 is 0. The highest BCUT2D eigenvalue weighted by atomic mass is 16.5. The van der Waals surface area contributed by atoms with Crippen molar-refractivity contribution in [1.82, 2.24) is 9.47 Å². The van der Waals surface area contributed by atoms with Crippen LogP contribution in [0.25, 0.3) is 22.2 Å². The summed E-state index contributed by atoms with van der Waals surface area (Å²) in [5.74, 6) is 2.16. The molecule has 0 bridgehead atoms. The van der Waals surface area contributed by atoms with Gasteiger partial charge in [-0.15, -0.1) is 0 Å². The zero-order chi connectivity index (χ0) is 26.6. The minimum Gasteiger partial charge on any atom is -0.508 e. The van der Waals surface area contributed by atoms with Crippen LogP contribution in [-0.2, 0) is 6.54 Å². The van der Waals surface area contributed by atoms with E-state index in [0.717, 1.165) is 60.5 Å². The van der Waals surface area contributed by atoms with Crippen molar-refractivity contribution in [3.8, 4) is 28.5 Å². The monoisotopic (exact) mass is 524 g/mol. The largest absolute Gasteiger partial charge is 0.508 e. The summed E-state index contributed by atoms with van der Waals surface area (Å²) < 4.78 is 14.6. The van der Waals surface area contributed by atoms with Crippen LogP contribution in [-0.4, -0.2) is 46.9 Å². The Balaban J connectivity index is 1.21. The third kappa shape index (κ3) is 5.94. The summed E-state index contributed by atoms with van der Waals surface area (Å²) in [6.07, 6.45) is 9.16. The van der Waals surface area contributed by atoms with Gasteiger partial charge in [0.1, 0.15) is 23.9 Å². The Morgan fingerprint density at radius 2 is 1.54 bits per heavy atom. The molecule has 39 heavy (non-hydrogen) atoms. The molecule has 3 aromatic carbocycles. The van der Waals surface area contributed by atoms with Crippen molar-refractivity contribution in [2.45, 2.75) is 64.5 Å². The number of nitrogens with zero attached hydrogens (tertiary/aromatic N) is 2. The predicted molar refractivity (Wildman–Crippen MR) is 158 cm³/mol. The molecule has 0 spiro atoms. The molecule has 4 aromatic rings. The highest BCUT2D eigenvalue weighted by Gasteiger charge is 2.19. The SMILES string of the molecule is Cc1c(-c2ccc(OC3CCCC3)cc2)n(Cc2ccc(OCCN3CCCCC3)cc2)c2ccc(O)cc12. The molecule has 204 valence electrons. The van der Waals surface area contributed by atoms with Crippen LogP contribution in [0.1, 0.15) is 56.1 Å². The van der Waals surface area contributed by atoms with Gasteiger partial charge in [0.2, 0.25) is 0 Å². The summed E-state index contributed by atoms with van der Waals surface area (Å²) in [4.78, 5) is 2.50. The van der Waals surface area contributed by atoms with E-state index in [1.807, 2.05) is 12.1 Å². The van der Waals surface area contributed by atoms with Gasteiger partial charge in [0.15, 0.2) is 0 Å². The van der Waals surface area contributed by atoms with E-state index >= 15 is 0 Å². The van der Waals surface area contributed by atoms with Crippen LogP contribution in [0.5, 0.6) is 17.2 Å². The molecular formula is C34H40N2O3.